The van der Waals surface area contributed by atoms with Gasteiger partial charge in [0, 0.05) is 12.1 Å². The number of aryl methyl sites for hydroxylation is 1. The number of methoxy groups -OCH3 is 1. The number of carbonyl (C=O) groups is 1. The zero-order chi connectivity index (χ0) is 19.7. The predicted molar refractivity (Wildman–Crippen MR) is 103 cm³/mol. The van der Waals surface area contributed by atoms with Gasteiger partial charge in [-0.1, -0.05) is 41.6 Å². The lowest BCUT2D eigenvalue weighted by Gasteiger charge is -2.12. The number of nitrogens with one attached hydrogen (secondary N) is 1. The number of benzene rings is 1. The lowest BCUT2D eigenvalue weighted by Crippen LogP contribution is -2.29. The highest BCUT2D eigenvalue weighted by Gasteiger charge is 2.23. The maximum absolute atomic E-state index is 12.5. The molecule has 0 amide bonds. The molecule has 0 spiro atoms. The predicted octanol–water partition coefficient (Wildman–Crippen LogP) is 1.78. The molecule has 0 aliphatic rings. The number of halogens is 1. The van der Waals surface area contributed by atoms with Crippen LogP contribution in [0.2, 0.25) is 5.02 Å². The number of aromatic nitrogens is 4. The molecule has 0 aliphatic carbocycles. The molecule has 0 saturated heterocycles. The summed E-state index contributed by atoms with van der Waals surface area (Å²) in [6.07, 6.45) is 0. The van der Waals surface area contributed by atoms with Crippen molar-refractivity contribution < 1.29 is 9.53 Å². The van der Waals surface area contributed by atoms with E-state index in [1.165, 1.54) is 18.7 Å². The van der Waals surface area contributed by atoms with Gasteiger partial charge in [-0.3, -0.25) is 19.1 Å². The van der Waals surface area contributed by atoms with Gasteiger partial charge in [-0.05, 0) is 18.6 Å². The molecular formula is C17H17ClN4O4S. The summed E-state index contributed by atoms with van der Waals surface area (Å²) in [5.41, 5.74) is 0.129. The maximum Gasteiger partial charge on any atom is 0.329 e. The van der Waals surface area contributed by atoms with E-state index in [9.17, 15) is 14.4 Å². The largest absolute Gasteiger partial charge is 0.468 e. The van der Waals surface area contributed by atoms with Crippen LogP contribution in [0.25, 0.3) is 11.2 Å². The van der Waals surface area contributed by atoms with Crippen molar-refractivity contribution in [1.82, 2.24) is 19.1 Å². The fourth-order valence-electron chi connectivity index (χ4n) is 2.62. The molecule has 0 radical (unpaired) electrons. The summed E-state index contributed by atoms with van der Waals surface area (Å²) in [7, 11) is 2.83. The fourth-order valence-corrected chi connectivity index (χ4v) is 3.75. The summed E-state index contributed by atoms with van der Waals surface area (Å²) in [5, 5.41) is 0.403. The minimum absolute atomic E-state index is 0.232. The molecule has 1 N–H and O–H groups in total. The molecule has 3 rings (SSSR count). The molecule has 8 nitrogen and oxygen atoms in total. The highest BCUT2D eigenvalue weighted by atomic mass is 35.5. The Morgan fingerprint density at radius 3 is 2.74 bits per heavy atom. The summed E-state index contributed by atoms with van der Waals surface area (Å²) in [4.78, 5) is 42.9. The van der Waals surface area contributed by atoms with Crippen LogP contribution in [0.3, 0.4) is 0 Å². The molecule has 142 valence electrons. The Morgan fingerprint density at radius 1 is 1.37 bits per heavy atom. The minimum Gasteiger partial charge on any atom is -0.468 e. The monoisotopic (exact) mass is 408 g/mol. The molecular weight excluding hydrogens is 392 g/mol. The van der Waals surface area contributed by atoms with Gasteiger partial charge >= 0.3 is 11.7 Å². The number of fused-ring (bicyclic) bond motifs is 1. The van der Waals surface area contributed by atoms with E-state index >= 15 is 0 Å². The number of H-pyrrole nitrogens is 1. The van der Waals surface area contributed by atoms with Crippen molar-refractivity contribution in [2.24, 2.45) is 7.05 Å². The summed E-state index contributed by atoms with van der Waals surface area (Å²) in [6.45, 7) is 1.94. The third-order valence-corrected chi connectivity index (χ3v) is 5.51. The van der Waals surface area contributed by atoms with Gasteiger partial charge in [0.15, 0.2) is 16.3 Å². The van der Waals surface area contributed by atoms with Crippen molar-refractivity contribution in [3.63, 3.8) is 0 Å². The normalized spacial score (nSPS) is 12.3. The van der Waals surface area contributed by atoms with E-state index in [0.29, 0.717) is 10.2 Å². The van der Waals surface area contributed by atoms with Crippen LogP contribution in [-0.4, -0.2) is 37.4 Å². The second-order valence-electron chi connectivity index (χ2n) is 5.85. The van der Waals surface area contributed by atoms with Crippen molar-refractivity contribution >= 4 is 40.5 Å². The van der Waals surface area contributed by atoms with Crippen LogP contribution in [0, 0.1) is 0 Å². The van der Waals surface area contributed by atoms with E-state index in [1.807, 2.05) is 18.2 Å². The smallest absolute Gasteiger partial charge is 0.329 e. The van der Waals surface area contributed by atoms with Crippen molar-refractivity contribution in [3.8, 4) is 0 Å². The molecule has 0 saturated carbocycles. The molecule has 0 unspecified atom stereocenters. The van der Waals surface area contributed by atoms with Crippen LogP contribution in [0.15, 0.2) is 39.0 Å². The van der Waals surface area contributed by atoms with Gasteiger partial charge in [0.25, 0.3) is 5.56 Å². The Hall–Kier alpha value is -2.52. The molecule has 2 aromatic heterocycles. The number of thioether (sulfide) groups is 1. The third-order valence-electron chi connectivity index (χ3n) is 4.07. The Labute approximate surface area is 163 Å². The van der Waals surface area contributed by atoms with Crippen LogP contribution in [0.1, 0.15) is 12.5 Å². The van der Waals surface area contributed by atoms with E-state index in [4.69, 9.17) is 16.3 Å². The minimum atomic E-state index is -0.563. The third kappa shape index (κ3) is 3.65. The molecule has 1 aromatic carbocycles. The zero-order valence-corrected chi connectivity index (χ0v) is 16.4. The van der Waals surface area contributed by atoms with E-state index in [0.717, 1.165) is 17.3 Å². The van der Waals surface area contributed by atoms with Crippen LogP contribution < -0.4 is 11.2 Å². The average molecular weight is 409 g/mol. The molecule has 0 fully saturated rings. The Kier molecular flexibility index (Phi) is 5.43. The molecule has 0 bridgehead atoms. The van der Waals surface area contributed by atoms with Gasteiger partial charge in [0.05, 0.1) is 13.7 Å². The van der Waals surface area contributed by atoms with Gasteiger partial charge in [-0.2, -0.15) is 0 Å². The van der Waals surface area contributed by atoms with Crippen LogP contribution in [0.5, 0.6) is 0 Å². The van der Waals surface area contributed by atoms with Crippen molar-refractivity contribution in [2.75, 3.05) is 7.11 Å². The second-order valence-corrected chi connectivity index (χ2v) is 7.56. The quantitative estimate of drug-likeness (QED) is 0.510. The Morgan fingerprint density at radius 2 is 2.07 bits per heavy atom. The van der Waals surface area contributed by atoms with Gasteiger partial charge in [0.1, 0.15) is 5.25 Å². The summed E-state index contributed by atoms with van der Waals surface area (Å²) in [6, 6.07) is 7.23. The number of carbonyl (C=O) groups excluding carboxylic acids is 1. The van der Waals surface area contributed by atoms with Crippen molar-refractivity contribution in [2.45, 2.75) is 23.9 Å². The van der Waals surface area contributed by atoms with E-state index in [2.05, 4.69) is 9.97 Å². The zero-order valence-electron chi connectivity index (χ0n) is 14.9. The highest BCUT2D eigenvalue weighted by molar-refractivity contribution is 8.00. The first-order chi connectivity index (χ1) is 12.8. The topological polar surface area (TPSA) is 99.0 Å². The second kappa shape index (κ2) is 7.61. The van der Waals surface area contributed by atoms with Crippen LogP contribution in [-0.2, 0) is 23.1 Å². The lowest BCUT2D eigenvalue weighted by atomic mass is 10.2. The highest BCUT2D eigenvalue weighted by Crippen LogP contribution is 2.28. The van der Waals surface area contributed by atoms with Gasteiger partial charge in [-0.15, -0.1) is 0 Å². The average Bonchev–Trinajstić information content (AvgIpc) is 2.99. The standard InChI is InChI=1S/C17H17ClN4O4S/c1-9(15(24)26-3)27-17-19-13-12(14(23)20-16(25)21(13)2)22(17)8-10-6-4-5-7-11(10)18/h4-7,9H,8H2,1-3H3,(H,20,23,25)/t9-/m0/s1. The first-order valence-corrected chi connectivity index (χ1v) is 9.26. The number of hydrogen-bond donors (Lipinski definition) is 1. The van der Waals surface area contributed by atoms with E-state index in [1.54, 1.807) is 17.6 Å². The first kappa shape index (κ1) is 19.2. The van der Waals surface area contributed by atoms with Gasteiger partial charge in [-0.25, -0.2) is 9.78 Å². The van der Waals surface area contributed by atoms with Gasteiger partial charge < -0.3 is 9.30 Å². The van der Waals surface area contributed by atoms with Gasteiger partial charge in [0.2, 0.25) is 0 Å². The number of esters is 1. The molecule has 10 heteroatoms. The number of imidazole rings is 1. The number of nitrogens with zero attached hydrogens (tertiary/aromatic N) is 3. The van der Waals surface area contributed by atoms with E-state index < -0.39 is 22.5 Å². The fraction of sp³-hybridized carbons (Fsp3) is 0.294. The number of hydrogen-bond acceptors (Lipinski definition) is 6. The van der Waals surface area contributed by atoms with Crippen molar-refractivity contribution in [3.05, 3.63) is 55.7 Å². The SMILES string of the molecule is COC(=O)[C@H](C)Sc1nc2c(c(=O)[nH]c(=O)n2C)n1Cc1ccccc1Cl. The Bertz CT molecular complexity index is 1130. The summed E-state index contributed by atoms with van der Waals surface area (Å²) < 4.78 is 7.67. The molecule has 3 aromatic rings. The number of ether oxygens (including phenoxy) is 1. The molecule has 2 heterocycles. The Balaban J connectivity index is 2.21. The first-order valence-electron chi connectivity index (χ1n) is 8.01. The summed E-state index contributed by atoms with van der Waals surface area (Å²) in [5.74, 6) is -0.417. The lowest BCUT2D eigenvalue weighted by molar-refractivity contribution is -0.139. The summed E-state index contributed by atoms with van der Waals surface area (Å²) >= 11 is 7.41. The van der Waals surface area contributed by atoms with Crippen LogP contribution >= 0.6 is 23.4 Å². The molecule has 27 heavy (non-hydrogen) atoms. The molecule has 1 atom stereocenters. The van der Waals surface area contributed by atoms with Crippen molar-refractivity contribution in [1.29, 1.82) is 0 Å². The maximum atomic E-state index is 12.5. The molecule has 0 aliphatic heterocycles. The number of aromatic amines is 1. The number of rotatable bonds is 5. The van der Waals surface area contributed by atoms with E-state index in [-0.39, 0.29) is 17.7 Å². The van der Waals surface area contributed by atoms with Crippen LogP contribution in [0.4, 0.5) is 0 Å².